The number of ketones is 1. The Hall–Kier alpha value is -3.27. The smallest absolute Gasteiger partial charge is 0.248 e. The quantitative estimate of drug-likeness (QED) is 0.300. The van der Waals surface area contributed by atoms with Crippen molar-refractivity contribution in [1.82, 2.24) is 19.3 Å². The Bertz CT molecular complexity index is 1350. The van der Waals surface area contributed by atoms with Gasteiger partial charge in [0.25, 0.3) is 0 Å². The van der Waals surface area contributed by atoms with Gasteiger partial charge >= 0.3 is 0 Å². The van der Waals surface area contributed by atoms with Crippen LogP contribution >= 0.6 is 35.8 Å². The fourth-order valence-corrected chi connectivity index (χ4v) is 5.50. The topological polar surface area (TPSA) is 85.3 Å². The highest BCUT2D eigenvalue weighted by Crippen LogP contribution is 2.48. The Morgan fingerprint density at radius 2 is 1.88 bits per heavy atom. The molecule has 0 spiro atoms. The molecule has 34 heavy (non-hydrogen) atoms. The highest BCUT2D eigenvalue weighted by Gasteiger charge is 2.53. The number of amides is 1. The van der Waals surface area contributed by atoms with Crippen LogP contribution in [-0.4, -0.2) is 30.9 Å². The third-order valence-corrected chi connectivity index (χ3v) is 7.26. The van der Waals surface area contributed by atoms with E-state index in [9.17, 15) is 9.59 Å². The SMILES string of the molecule is O=C1CC(c2ccsc2)(c2cccc(Oc3cncnc3)n2)N(S)C(=O)C1c1ccccc1Cl. The molecule has 1 saturated heterocycles. The van der Waals surface area contributed by atoms with E-state index >= 15 is 0 Å². The van der Waals surface area contributed by atoms with Crippen molar-refractivity contribution in [3.05, 3.63) is 99.9 Å². The average Bonchev–Trinajstić information content (AvgIpc) is 3.39. The van der Waals surface area contributed by atoms with Crippen LogP contribution in [0.3, 0.4) is 0 Å². The zero-order chi connectivity index (χ0) is 23.7. The second kappa shape index (κ2) is 9.17. The molecule has 2 unspecified atom stereocenters. The molecular formula is C24H17ClN4O3S2. The van der Waals surface area contributed by atoms with Gasteiger partial charge in [-0.25, -0.2) is 15.0 Å². The Morgan fingerprint density at radius 1 is 1.09 bits per heavy atom. The predicted octanol–water partition coefficient (Wildman–Crippen LogP) is 5.05. The van der Waals surface area contributed by atoms with E-state index in [1.165, 1.54) is 34.4 Å². The standard InChI is InChI=1S/C24H17ClN4O3S2/c25-18-5-2-1-4-17(18)22-19(30)10-24(29(33)23(22)31,15-8-9-34-13-15)20-6-3-7-21(28-20)32-16-11-26-14-27-12-16/h1-9,11-14,22,33H,10H2. The number of nitrogens with zero attached hydrogens (tertiary/aromatic N) is 4. The van der Waals surface area contributed by atoms with Crippen LogP contribution in [0, 0.1) is 0 Å². The lowest BCUT2D eigenvalue weighted by molar-refractivity contribution is -0.142. The number of benzene rings is 1. The first-order valence-electron chi connectivity index (χ1n) is 10.2. The van der Waals surface area contributed by atoms with Gasteiger partial charge in [-0.05, 0) is 40.1 Å². The first-order valence-corrected chi connectivity index (χ1v) is 12.0. The number of hydrogen-bond donors (Lipinski definition) is 1. The third-order valence-electron chi connectivity index (χ3n) is 5.69. The summed E-state index contributed by atoms with van der Waals surface area (Å²) in [5, 5.41) is 4.13. The summed E-state index contributed by atoms with van der Waals surface area (Å²) >= 11 is 12.4. The lowest BCUT2D eigenvalue weighted by Crippen LogP contribution is -2.54. The number of carbonyl (C=O) groups excluding carboxylic acids is 2. The predicted molar refractivity (Wildman–Crippen MR) is 131 cm³/mol. The molecule has 0 N–H and O–H groups in total. The summed E-state index contributed by atoms with van der Waals surface area (Å²) in [7, 11) is 0. The van der Waals surface area contributed by atoms with E-state index in [-0.39, 0.29) is 18.1 Å². The molecule has 1 aromatic carbocycles. The summed E-state index contributed by atoms with van der Waals surface area (Å²) in [6.45, 7) is 0. The number of aromatic nitrogens is 3. The zero-order valence-corrected chi connectivity index (χ0v) is 20.0. The van der Waals surface area contributed by atoms with Crippen molar-refractivity contribution in [3.8, 4) is 11.6 Å². The van der Waals surface area contributed by atoms with Gasteiger partial charge in [0.15, 0.2) is 11.5 Å². The van der Waals surface area contributed by atoms with Gasteiger partial charge in [0.2, 0.25) is 11.8 Å². The minimum Gasteiger partial charge on any atom is -0.436 e. The van der Waals surface area contributed by atoms with Gasteiger partial charge in [-0.2, -0.15) is 11.3 Å². The van der Waals surface area contributed by atoms with Crippen LogP contribution < -0.4 is 4.74 Å². The highest BCUT2D eigenvalue weighted by atomic mass is 35.5. The number of rotatable bonds is 5. The molecule has 0 bridgehead atoms. The number of ether oxygens (including phenoxy) is 1. The van der Waals surface area contributed by atoms with Gasteiger partial charge in [0.05, 0.1) is 18.1 Å². The zero-order valence-electron chi connectivity index (χ0n) is 17.5. The van der Waals surface area contributed by atoms with Crippen LogP contribution in [0.5, 0.6) is 11.6 Å². The number of thiophene rings is 1. The Labute approximate surface area is 210 Å². The first-order chi connectivity index (χ1) is 16.5. The van der Waals surface area contributed by atoms with Crippen molar-refractivity contribution in [3.63, 3.8) is 0 Å². The maximum atomic E-state index is 13.6. The van der Waals surface area contributed by atoms with Crippen LogP contribution in [0.25, 0.3) is 0 Å². The minimum absolute atomic E-state index is 0.0280. The summed E-state index contributed by atoms with van der Waals surface area (Å²) in [5.41, 5.74) is 0.432. The number of carbonyl (C=O) groups is 2. The van der Waals surface area contributed by atoms with Gasteiger partial charge in [-0.1, -0.05) is 48.7 Å². The molecule has 0 aliphatic carbocycles. The maximum absolute atomic E-state index is 13.6. The van der Waals surface area contributed by atoms with E-state index in [0.29, 0.717) is 22.0 Å². The summed E-state index contributed by atoms with van der Waals surface area (Å²) < 4.78 is 7.11. The van der Waals surface area contributed by atoms with Gasteiger partial charge in [0, 0.05) is 17.5 Å². The van der Waals surface area contributed by atoms with Crippen molar-refractivity contribution in [2.75, 3.05) is 0 Å². The molecule has 1 aliphatic heterocycles. The van der Waals surface area contributed by atoms with Crippen LogP contribution in [0.4, 0.5) is 0 Å². The van der Waals surface area contributed by atoms with E-state index < -0.39 is 17.4 Å². The number of pyridine rings is 1. The maximum Gasteiger partial charge on any atom is 0.248 e. The van der Waals surface area contributed by atoms with Gasteiger partial charge in [-0.15, -0.1) is 0 Å². The van der Waals surface area contributed by atoms with E-state index in [2.05, 4.69) is 27.8 Å². The Kier molecular flexibility index (Phi) is 6.07. The molecule has 170 valence electrons. The molecular weight excluding hydrogens is 492 g/mol. The minimum atomic E-state index is -1.22. The summed E-state index contributed by atoms with van der Waals surface area (Å²) in [6.07, 6.45) is 4.40. The monoisotopic (exact) mass is 508 g/mol. The van der Waals surface area contributed by atoms with Gasteiger partial charge < -0.3 is 4.74 Å². The lowest BCUT2D eigenvalue weighted by Gasteiger charge is -2.45. The highest BCUT2D eigenvalue weighted by molar-refractivity contribution is 7.78. The normalized spacial score (nSPS) is 20.4. The molecule has 4 heterocycles. The van der Waals surface area contributed by atoms with Gasteiger partial charge in [0.1, 0.15) is 17.8 Å². The molecule has 4 aromatic rings. The molecule has 10 heteroatoms. The fourth-order valence-electron chi connectivity index (χ4n) is 4.12. The molecule has 7 nitrogen and oxygen atoms in total. The molecule has 0 saturated carbocycles. The van der Waals surface area contributed by atoms with Crippen molar-refractivity contribution in [1.29, 1.82) is 0 Å². The number of piperidine rings is 1. The van der Waals surface area contributed by atoms with Crippen molar-refractivity contribution in [2.45, 2.75) is 17.9 Å². The summed E-state index contributed by atoms with van der Waals surface area (Å²) in [6, 6.07) is 13.9. The second-order valence-corrected chi connectivity index (χ2v) is 9.24. The number of halogens is 1. The largest absolute Gasteiger partial charge is 0.436 e. The van der Waals surface area contributed by atoms with Gasteiger partial charge in [-0.3, -0.25) is 13.9 Å². The first kappa shape index (κ1) is 22.5. The molecule has 1 aliphatic rings. The Morgan fingerprint density at radius 3 is 2.62 bits per heavy atom. The van der Waals surface area contributed by atoms with Crippen LogP contribution in [0.2, 0.25) is 5.02 Å². The molecule has 1 fully saturated rings. The Balaban J connectivity index is 1.60. The molecule has 5 rings (SSSR count). The second-order valence-electron chi connectivity index (χ2n) is 7.66. The summed E-state index contributed by atoms with van der Waals surface area (Å²) in [5.74, 6) is -1.09. The van der Waals surface area contributed by atoms with Crippen LogP contribution in [-0.2, 0) is 15.1 Å². The van der Waals surface area contributed by atoms with E-state index in [1.54, 1.807) is 42.5 Å². The van der Waals surface area contributed by atoms with Crippen LogP contribution in [0.15, 0.2) is 78.0 Å². The van der Waals surface area contributed by atoms with E-state index in [4.69, 9.17) is 16.3 Å². The lowest BCUT2D eigenvalue weighted by atomic mass is 9.75. The number of thiol groups is 1. The number of hydrogen-bond acceptors (Lipinski definition) is 8. The van der Waals surface area contributed by atoms with Crippen molar-refractivity contribution >= 4 is 47.4 Å². The van der Waals surface area contributed by atoms with E-state index in [0.717, 1.165) is 5.56 Å². The molecule has 1 amide bonds. The van der Waals surface area contributed by atoms with Crippen LogP contribution in [0.1, 0.15) is 29.2 Å². The number of Topliss-reactive ketones (excluding diaryl/α,β-unsaturated/α-hetero) is 1. The molecule has 2 atom stereocenters. The average molecular weight is 509 g/mol. The fraction of sp³-hybridized carbons (Fsp3) is 0.125. The third kappa shape index (κ3) is 3.85. The molecule has 0 radical (unpaired) electrons. The van der Waals surface area contributed by atoms with Crippen molar-refractivity contribution in [2.24, 2.45) is 0 Å². The molecule has 3 aromatic heterocycles. The van der Waals surface area contributed by atoms with Crippen molar-refractivity contribution < 1.29 is 14.3 Å². The summed E-state index contributed by atoms with van der Waals surface area (Å²) in [4.78, 5) is 39.7. The van der Waals surface area contributed by atoms with E-state index in [1.807, 2.05) is 16.8 Å².